The van der Waals surface area contributed by atoms with Crippen molar-refractivity contribution in [1.82, 2.24) is 14.7 Å². The molecule has 0 fully saturated rings. The highest BCUT2D eigenvalue weighted by Crippen LogP contribution is 2.29. The lowest BCUT2D eigenvalue weighted by Gasteiger charge is -2.17. The summed E-state index contributed by atoms with van der Waals surface area (Å²) in [7, 11) is 0. The van der Waals surface area contributed by atoms with Gasteiger partial charge in [0.2, 0.25) is 5.91 Å². The van der Waals surface area contributed by atoms with Crippen molar-refractivity contribution < 1.29 is 9.18 Å². The normalized spacial score (nSPS) is 12.0. The SMILES string of the molecule is O=C(CC(c1cccc(F)c1)c1cnc2ccccn12)NCCc1ccccc1. The minimum Gasteiger partial charge on any atom is -0.356 e. The first-order valence-corrected chi connectivity index (χ1v) is 9.69. The highest BCUT2D eigenvalue weighted by molar-refractivity contribution is 5.77. The van der Waals surface area contributed by atoms with E-state index >= 15 is 0 Å². The largest absolute Gasteiger partial charge is 0.356 e. The molecule has 4 rings (SSSR count). The van der Waals surface area contributed by atoms with E-state index in [-0.39, 0.29) is 24.1 Å². The van der Waals surface area contributed by atoms with Gasteiger partial charge in [-0.05, 0) is 41.8 Å². The van der Waals surface area contributed by atoms with Gasteiger partial charge in [0.05, 0.1) is 5.69 Å². The van der Waals surface area contributed by atoms with Crippen molar-refractivity contribution in [2.45, 2.75) is 18.8 Å². The summed E-state index contributed by atoms with van der Waals surface area (Å²) in [6.07, 6.45) is 4.67. The van der Waals surface area contributed by atoms with Crippen LogP contribution >= 0.6 is 0 Å². The van der Waals surface area contributed by atoms with Crippen LogP contribution in [0.4, 0.5) is 4.39 Å². The number of pyridine rings is 1. The Morgan fingerprint density at radius 1 is 1.03 bits per heavy atom. The quantitative estimate of drug-likeness (QED) is 0.512. The summed E-state index contributed by atoms with van der Waals surface area (Å²) in [5.41, 5.74) is 3.60. The van der Waals surface area contributed by atoms with E-state index in [2.05, 4.69) is 10.3 Å². The van der Waals surface area contributed by atoms with Crippen LogP contribution in [0, 0.1) is 5.82 Å². The van der Waals surface area contributed by atoms with Crippen LogP contribution < -0.4 is 5.32 Å². The standard InChI is InChI=1S/C24H22FN3O/c25-20-10-6-9-19(15-20)21(22-17-27-23-11-4-5-14-28(22)23)16-24(29)26-13-12-18-7-2-1-3-8-18/h1-11,14-15,17,21H,12-13,16H2,(H,26,29). The average Bonchev–Trinajstić information content (AvgIpc) is 3.17. The molecular weight excluding hydrogens is 365 g/mol. The minimum atomic E-state index is -0.314. The molecule has 0 radical (unpaired) electrons. The number of nitrogens with zero attached hydrogens (tertiary/aromatic N) is 2. The third-order valence-corrected chi connectivity index (χ3v) is 5.02. The number of amides is 1. The van der Waals surface area contributed by atoms with Crippen LogP contribution in [0.3, 0.4) is 0 Å². The van der Waals surface area contributed by atoms with Crippen molar-refractivity contribution in [2.24, 2.45) is 0 Å². The highest BCUT2D eigenvalue weighted by atomic mass is 19.1. The Morgan fingerprint density at radius 2 is 1.86 bits per heavy atom. The van der Waals surface area contributed by atoms with Crippen LogP contribution in [0.5, 0.6) is 0 Å². The maximum atomic E-state index is 13.9. The Labute approximate surface area is 169 Å². The van der Waals surface area contributed by atoms with Crippen LogP contribution in [0.2, 0.25) is 0 Å². The predicted octanol–water partition coefficient (Wildman–Crippen LogP) is 4.35. The van der Waals surface area contributed by atoms with Gasteiger partial charge >= 0.3 is 0 Å². The summed E-state index contributed by atoms with van der Waals surface area (Å²) < 4.78 is 15.8. The molecule has 146 valence electrons. The Balaban J connectivity index is 1.53. The second kappa shape index (κ2) is 8.69. The lowest BCUT2D eigenvalue weighted by atomic mass is 9.92. The van der Waals surface area contributed by atoms with Gasteiger partial charge in [-0.2, -0.15) is 0 Å². The number of carbonyl (C=O) groups is 1. The first kappa shape index (κ1) is 18.9. The first-order valence-electron chi connectivity index (χ1n) is 9.69. The molecule has 1 amide bonds. The van der Waals surface area contributed by atoms with E-state index in [9.17, 15) is 9.18 Å². The zero-order valence-corrected chi connectivity index (χ0v) is 16.0. The summed E-state index contributed by atoms with van der Waals surface area (Å²) in [5, 5.41) is 2.99. The first-order chi connectivity index (χ1) is 14.2. The van der Waals surface area contributed by atoms with Crippen molar-refractivity contribution in [3.63, 3.8) is 0 Å². The van der Waals surface area contributed by atoms with Gasteiger partial charge in [0, 0.05) is 31.3 Å². The topological polar surface area (TPSA) is 46.4 Å². The van der Waals surface area contributed by atoms with Crippen LogP contribution in [-0.2, 0) is 11.2 Å². The number of aromatic nitrogens is 2. The summed E-state index contributed by atoms with van der Waals surface area (Å²) >= 11 is 0. The molecule has 1 N–H and O–H groups in total. The molecule has 0 bridgehead atoms. The summed E-state index contributed by atoms with van der Waals surface area (Å²) in [5.74, 6) is -0.674. The fraction of sp³-hybridized carbons (Fsp3) is 0.167. The number of halogens is 1. The van der Waals surface area contributed by atoms with E-state index in [1.807, 2.05) is 65.2 Å². The molecule has 1 atom stereocenters. The summed E-state index contributed by atoms with van der Waals surface area (Å²) in [6.45, 7) is 0.561. The molecule has 0 saturated carbocycles. The fourth-order valence-corrected chi connectivity index (χ4v) is 3.57. The van der Waals surface area contributed by atoms with E-state index in [1.54, 1.807) is 12.3 Å². The van der Waals surface area contributed by atoms with Crippen molar-refractivity contribution in [3.8, 4) is 0 Å². The Morgan fingerprint density at radius 3 is 2.69 bits per heavy atom. The van der Waals surface area contributed by atoms with Crippen molar-refractivity contribution >= 4 is 11.6 Å². The van der Waals surface area contributed by atoms with Crippen molar-refractivity contribution in [2.75, 3.05) is 6.54 Å². The number of nitrogens with one attached hydrogen (secondary N) is 1. The Hall–Kier alpha value is -3.47. The van der Waals surface area contributed by atoms with Gasteiger partial charge < -0.3 is 9.72 Å². The molecule has 1 unspecified atom stereocenters. The lowest BCUT2D eigenvalue weighted by molar-refractivity contribution is -0.121. The molecule has 29 heavy (non-hydrogen) atoms. The van der Waals surface area contributed by atoms with Crippen LogP contribution in [0.15, 0.2) is 85.2 Å². The molecule has 0 aliphatic rings. The highest BCUT2D eigenvalue weighted by Gasteiger charge is 2.22. The number of rotatable bonds is 7. The number of imidazole rings is 1. The minimum absolute atomic E-state index is 0.0685. The Bertz CT molecular complexity index is 1110. The number of hydrogen-bond donors (Lipinski definition) is 1. The molecular formula is C24H22FN3O. The van der Waals surface area contributed by atoms with Crippen molar-refractivity contribution in [3.05, 3.63) is 108 Å². The molecule has 0 aliphatic heterocycles. The fourth-order valence-electron chi connectivity index (χ4n) is 3.57. The zero-order chi connectivity index (χ0) is 20.1. The summed E-state index contributed by atoms with van der Waals surface area (Å²) in [6, 6.07) is 22.2. The van der Waals surface area contributed by atoms with Crippen molar-refractivity contribution in [1.29, 1.82) is 0 Å². The van der Waals surface area contributed by atoms with Crippen LogP contribution in [0.1, 0.15) is 29.2 Å². The van der Waals surface area contributed by atoms with Gasteiger partial charge in [0.1, 0.15) is 11.5 Å². The number of benzene rings is 2. The van der Waals surface area contributed by atoms with Crippen LogP contribution in [-0.4, -0.2) is 21.8 Å². The molecule has 0 saturated heterocycles. The number of hydrogen-bond acceptors (Lipinski definition) is 2. The molecule has 2 aromatic carbocycles. The molecule has 4 nitrogen and oxygen atoms in total. The second-order valence-electron chi connectivity index (χ2n) is 7.01. The molecule has 2 heterocycles. The smallest absolute Gasteiger partial charge is 0.221 e. The van der Waals surface area contributed by atoms with Gasteiger partial charge in [-0.15, -0.1) is 0 Å². The van der Waals surface area contributed by atoms with Gasteiger partial charge in [-0.1, -0.05) is 48.5 Å². The molecule has 0 aliphatic carbocycles. The molecule has 4 aromatic rings. The van der Waals surface area contributed by atoms with Gasteiger partial charge in [-0.3, -0.25) is 4.79 Å². The maximum absolute atomic E-state index is 13.9. The molecule has 0 spiro atoms. The monoisotopic (exact) mass is 387 g/mol. The third-order valence-electron chi connectivity index (χ3n) is 5.02. The van der Waals surface area contributed by atoms with E-state index < -0.39 is 0 Å². The van der Waals surface area contributed by atoms with E-state index in [1.165, 1.54) is 17.7 Å². The molecule has 2 aromatic heterocycles. The van der Waals surface area contributed by atoms with E-state index in [4.69, 9.17) is 0 Å². The second-order valence-corrected chi connectivity index (χ2v) is 7.01. The zero-order valence-electron chi connectivity index (χ0n) is 16.0. The van der Waals surface area contributed by atoms with E-state index in [0.717, 1.165) is 23.3 Å². The average molecular weight is 387 g/mol. The Kier molecular flexibility index (Phi) is 5.66. The predicted molar refractivity (Wildman–Crippen MR) is 111 cm³/mol. The van der Waals surface area contributed by atoms with Gasteiger partial charge in [-0.25, -0.2) is 9.37 Å². The van der Waals surface area contributed by atoms with E-state index in [0.29, 0.717) is 6.54 Å². The third kappa shape index (κ3) is 4.51. The maximum Gasteiger partial charge on any atom is 0.221 e. The number of carbonyl (C=O) groups excluding carboxylic acids is 1. The van der Waals surface area contributed by atoms with Crippen LogP contribution in [0.25, 0.3) is 5.65 Å². The van der Waals surface area contributed by atoms with Gasteiger partial charge in [0.25, 0.3) is 0 Å². The van der Waals surface area contributed by atoms with Gasteiger partial charge in [0.15, 0.2) is 0 Å². The lowest BCUT2D eigenvalue weighted by Crippen LogP contribution is -2.27. The summed E-state index contributed by atoms with van der Waals surface area (Å²) in [4.78, 5) is 17.1. The molecule has 5 heteroatoms. The number of fused-ring (bicyclic) bond motifs is 1.